The average molecular weight is 341 g/mol. The van der Waals surface area contributed by atoms with Crippen LogP contribution in [-0.4, -0.2) is 25.2 Å². The minimum atomic E-state index is -0.102. The molecule has 1 aliphatic heterocycles. The molecule has 1 aromatic rings. The molecule has 0 radical (unpaired) electrons. The summed E-state index contributed by atoms with van der Waals surface area (Å²) in [6.45, 7) is 18.3. The summed E-state index contributed by atoms with van der Waals surface area (Å²) in [7, 11) is 1.65. The molecule has 7 heteroatoms. The number of hydrogen-bond donors (Lipinski definition) is 0. The summed E-state index contributed by atoms with van der Waals surface area (Å²) in [6.07, 6.45) is 0. The Morgan fingerprint density at radius 1 is 1.05 bits per heavy atom. The molecule has 0 aliphatic carbocycles. The Morgan fingerprint density at radius 3 is 1.82 bits per heavy atom. The number of ether oxygens (including phenoxy) is 2. The van der Waals surface area contributed by atoms with Gasteiger partial charge in [-0.3, -0.25) is 0 Å². The zero-order valence-corrected chi connectivity index (χ0v) is 13.7. The van der Waals surface area contributed by atoms with Crippen molar-refractivity contribution in [1.29, 1.82) is 0 Å². The van der Waals surface area contributed by atoms with Gasteiger partial charge < -0.3 is 9.47 Å². The second-order valence-electron chi connectivity index (χ2n) is 4.25. The normalized spacial score (nSPS) is 12.7. The Kier molecular flexibility index (Phi) is 16.3. The minimum Gasteiger partial charge on any atom is 0 e. The summed E-state index contributed by atoms with van der Waals surface area (Å²) >= 11 is 0. The number of hydrogen-bond acceptors (Lipinski definition) is 3. The van der Waals surface area contributed by atoms with Crippen molar-refractivity contribution in [3.8, 4) is 5.75 Å². The van der Waals surface area contributed by atoms with E-state index in [1.54, 1.807) is 7.11 Å². The molecule has 0 amide bonds. The van der Waals surface area contributed by atoms with Crippen molar-refractivity contribution in [3.63, 3.8) is 0 Å². The average Bonchev–Trinajstić information content (AvgIpc) is 2.93. The van der Waals surface area contributed by atoms with Gasteiger partial charge in [0.2, 0.25) is 5.90 Å². The summed E-state index contributed by atoms with van der Waals surface area (Å²) in [4.78, 5) is 4.50. The summed E-state index contributed by atoms with van der Waals surface area (Å²) in [5.74, 6) is 1.57. The standard InChI is InChI=1S/C12H15NO2.3CO.Cr/c1-12(2)8-15-11(13-12)9-4-6-10(14-3)7-5-9;3*1-2;/h4-7H,8H2,1-3H3;;;;. The zero-order chi connectivity index (χ0) is 16.9. The molecule has 116 valence electrons. The van der Waals surface area contributed by atoms with Gasteiger partial charge in [0.25, 0.3) is 0 Å². The van der Waals surface area contributed by atoms with Crippen molar-refractivity contribution in [2.45, 2.75) is 19.4 Å². The smallest absolute Gasteiger partial charge is 0 e. The fraction of sp³-hybridized carbons (Fsp3) is 0.333. The first kappa shape index (κ1) is 25.2. The molecule has 0 fully saturated rings. The molecule has 22 heavy (non-hydrogen) atoms. The van der Waals surface area contributed by atoms with E-state index in [0.717, 1.165) is 17.2 Å². The molecule has 0 atom stereocenters. The van der Waals surface area contributed by atoms with Crippen molar-refractivity contribution < 1.29 is 40.8 Å². The summed E-state index contributed by atoms with van der Waals surface area (Å²) in [5, 5.41) is 0. The molecule has 2 rings (SSSR count). The van der Waals surface area contributed by atoms with E-state index in [0.29, 0.717) is 6.61 Å². The second-order valence-corrected chi connectivity index (χ2v) is 4.25. The Hall–Kier alpha value is -1.76. The van der Waals surface area contributed by atoms with E-state index in [-0.39, 0.29) is 22.9 Å². The van der Waals surface area contributed by atoms with Crippen LogP contribution in [0.1, 0.15) is 19.4 Å². The van der Waals surface area contributed by atoms with Gasteiger partial charge in [-0.15, -0.1) is 0 Å². The number of rotatable bonds is 2. The van der Waals surface area contributed by atoms with E-state index in [1.165, 1.54) is 0 Å². The molecule has 0 spiro atoms. The molecule has 1 aliphatic rings. The van der Waals surface area contributed by atoms with Crippen molar-refractivity contribution in [3.05, 3.63) is 49.8 Å². The van der Waals surface area contributed by atoms with Crippen molar-refractivity contribution in [2.24, 2.45) is 4.99 Å². The first-order valence-corrected chi connectivity index (χ1v) is 5.59. The fourth-order valence-corrected chi connectivity index (χ4v) is 1.47. The van der Waals surface area contributed by atoms with E-state index in [2.05, 4.69) is 38.8 Å². The van der Waals surface area contributed by atoms with Crippen LogP contribution in [0.25, 0.3) is 0 Å². The van der Waals surface area contributed by atoms with Gasteiger partial charge in [-0.2, -0.15) is 0 Å². The molecular weight excluding hydrogens is 326 g/mol. The largest absolute Gasteiger partial charge is 0 e. The van der Waals surface area contributed by atoms with E-state index in [9.17, 15) is 0 Å². The van der Waals surface area contributed by atoms with E-state index >= 15 is 0 Å². The molecule has 0 unspecified atom stereocenters. The van der Waals surface area contributed by atoms with E-state index < -0.39 is 0 Å². The quantitative estimate of drug-likeness (QED) is 0.609. The van der Waals surface area contributed by atoms with Gasteiger partial charge in [-0.1, -0.05) is 0 Å². The molecular formula is C15H15CrNO5. The summed E-state index contributed by atoms with van der Waals surface area (Å²) in [6, 6.07) is 7.73. The first-order chi connectivity index (χ1) is 10.1. The van der Waals surface area contributed by atoms with Crippen LogP contribution >= 0.6 is 0 Å². The molecule has 0 aromatic heterocycles. The fourth-order valence-electron chi connectivity index (χ4n) is 1.47. The predicted octanol–water partition coefficient (Wildman–Crippen LogP) is 2.14. The second kappa shape index (κ2) is 14.2. The molecule has 6 nitrogen and oxygen atoms in total. The van der Waals surface area contributed by atoms with Gasteiger partial charge in [-0.05, 0) is 38.1 Å². The predicted molar refractivity (Wildman–Crippen MR) is 71.4 cm³/mol. The van der Waals surface area contributed by atoms with Gasteiger partial charge in [0, 0.05) is 22.9 Å². The van der Waals surface area contributed by atoms with Crippen LogP contribution in [0.4, 0.5) is 0 Å². The summed E-state index contributed by atoms with van der Waals surface area (Å²) in [5.41, 5.74) is 0.899. The van der Waals surface area contributed by atoms with Crippen LogP contribution in [0.2, 0.25) is 0 Å². The number of aliphatic imine (C=N–C) groups is 1. The third-order valence-corrected chi connectivity index (χ3v) is 2.30. The van der Waals surface area contributed by atoms with E-state index in [4.69, 9.17) is 23.4 Å². The maximum atomic E-state index is 7.50. The minimum absolute atomic E-state index is 0. The number of benzene rings is 1. The Morgan fingerprint density at radius 2 is 1.50 bits per heavy atom. The zero-order valence-electron chi connectivity index (χ0n) is 12.4. The van der Waals surface area contributed by atoms with Gasteiger partial charge in [0.05, 0.1) is 12.6 Å². The molecule has 0 N–H and O–H groups in total. The Labute approximate surface area is 140 Å². The Balaban J connectivity index is -0.000000463. The monoisotopic (exact) mass is 341 g/mol. The SMILES string of the molecule is COc1ccc(C2=NC(C)(C)CO2)cc1.[C-]#[O+].[C-]#[O+].[C-]#[O+].[Cr]. The van der Waals surface area contributed by atoms with Gasteiger partial charge >= 0.3 is 33.9 Å². The van der Waals surface area contributed by atoms with Gasteiger partial charge in [-0.25, -0.2) is 4.99 Å². The number of methoxy groups -OCH3 is 1. The topological polar surface area (TPSA) is 90.5 Å². The third-order valence-electron chi connectivity index (χ3n) is 2.30. The van der Waals surface area contributed by atoms with Crippen molar-refractivity contribution in [1.82, 2.24) is 0 Å². The van der Waals surface area contributed by atoms with Crippen molar-refractivity contribution >= 4 is 5.90 Å². The van der Waals surface area contributed by atoms with E-state index in [1.807, 2.05) is 24.3 Å². The van der Waals surface area contributed by atoms with Crippen LogP contribution in [0.5, 0.6) is 5.75 Å². The maximum Gasteiger partial charge on any atom is 0 e. The molecule has 0 saturated heterocycles. The third kappa shape index (κ3) is 8.51. The molecule has 0 saturated carbocycles. The number of nitrogens with zero attached hydrogens (tertiary/aromatic N) is 1. The van der Waals surface area contributed by atoms with Gasteiger partial charge in [0.15, 0.2) is 0 Å². The van der Waals surface area contributed by atoms with Crippen molar-refractivity contribution in [2.75, 3.05) is 13.7 Å². The van der Waals surface area contributed by atoms with Crippen LogP contribution < -0.4 is 4.74 Å². The maximum absolute atomic E-state index is 7.50. The van der Waals surface area contributed by atoms with Crippen LogP contribution in [0, 0.1) is 20.0 Å². The molecule has 1 heterocycles. The van der Waals surface area contributed by atoms with Crippen LogP contribution in [0.15, 0.2) is 29.3 Å². The molecule has 0 bridgehead atoms. The first-order valence-electron chi connectivity index (χ1n) is 5.59. The molecule has 1 aromatic carbocycles. The van der Waals surface area contributed by atoms with Crippen LogP contribution in [-0.2, 0) is 36.1 Å². The Bertz CT molecular complexity index is 489. The van der Waals surface area contributed by atoms with Gasteiger partial charge in [0.1, 0.15) is 12.4 Å². The van der Waals surface area contributed by atoms with Crippen LogP contribution in [0.3, 0.4) is 0 Å². The summed E-state index contributed by atoms with van der Waals surface area (Å²) < 4.78 is 33.1.